The molecule has 0 bridgehead atoms. The van der Waals surface area contributed by atoms with Crippen LogP contribution >= 0.6 is 0 Å². The Balaban J connectivity index is 1.67. The highest BCUT2D eigenvalue weighted by atomic mass is 16.5. The van der Waals surface area contributed by atoms with E-state index in [1.165, 1.54) is 7.11 Å². The molecule has 2 aromatic rings. The molecule has 0 spiro atoms. The van der Waals surface area contributed by atoms with Gasteiger partial charge in [-0.05, 0) is 49.2 Å². The minimum atomic E-state index is -0.181. The van der Waals surface area contributed by atoms with Crippen LogP contribution in [0.1, 0.15) is 38.5 Å². The van der Waals surface area contributed by atoms with Crippen molar-refractivity contribution < 1.29 is 14.3 Å². The van der Waals surface area contributed by atoms with Crippen LogP contribution in [0, 0.1) is 0 Å². The maximum atomic E-state index is 12.0. The third-order valence-corrected chi connectivity index (χ3v) is 3.95. The number of anilines is 1. The van der Waals surface area contributed by atoms with Gasteiger partial charge in [0.15, 0.2) is 0 Å². The summed E-state index contributed by atoms with van der Waals surface area (Å²) in [5.41, 5.74) is 2.26. The first-order chi connectivity index (χ1) is 13.2. The first-order valence-corrected chi connectivity index (χ1v) is 9.11. The van der Waals surface area contributed by atoms with Crippen LogP contribution in [0.5, 0.6) is 0 Å². The Labute approximate surface area is 159 Å². The molecule has 6 nitrogen and oxygen atoms in total. The quantitative estimate of drug-likeness (QED) is 0.339. The van der Waals surface area contributed by atoms with Crippen LogP contribution in [-0.4, -0.2) is 19.0 Å². The second kappa shape index (κ2) is 11.6. The Bertz CT molecular complexity index is 743. The van der Waals surface area contributed by atoms with Crippen molar-refractivity contribution >= 4 is 28.9 Å². The van der Waals surface area contributed by atoms with Crippen LogP contribution in [0.25, 0.3) is 0 Å². The minimum absolute atomic E-state index is 0.0124. The molecule has 0 aromatic heterocycles. The molecule has 0 unspecified atom stereocenters. The molecule has 0 radical (unpaired) electrons. The van der Waals surface area contributed by atoms with Gasteiger partial charge in [-0.1, -0.05) is 31.0 Å². The number of azo groups is 1. The first kappa shape index (κ1) is 20.3. The third kappa shape index (κ3) is 8.27. The molecule has 2 rings (SSSR count). The number of ether oxygens (including phenoxy) is 1. The molecule has 0 fully saturated rings. The molecular formula is C21H25N3O3. The maximum absolute atomic E-state index is 12.0. The molecule has 1 N–H and O–H groups in total. The van der Waals surface area contributed by atoms with Crippen molar-refractivity contribution in [3.8, 4) is 0 Å². The van der Waals surface area contributed by atoms with Crippen LogP contribution in [0.3, 0.4) is 0 Å². The predicted molar refractivity (Wildman–Crippen MR) is 105 cm³/mol. The zero-order chi connectivity index (χ0) is 19.3. The summed E-state index contributed by atoms with van der Waals surface area (Å²) in [5, 5.41) is 11.2. The summed E-state index contributed by atoms with van der Waals surface area (Å²) in [6, 6.07) is 16.8. The van der Waals surface area contributed by atoms with Gasteiger partial charge in [0.25, 0.3) is 0 Å². The van der Waals surface area contributed by atoms with Gasteiger partial charge in [-0.3, -0.25) is 9.59 Å². The fraction of sp³-hybridized carbons (Fsp3) is 0.333. The molecule has 0 atom stereocenters. The lowest BCUT2D eigenvalue weighted by Crippen LogP contribution is -2.10. The molecule has 142 valence electrons. The lowest BCUT2D eigenvalue weighted by Gasteiger charge is -2.05. The Morgan fingerprint density at radius 2 is 1.41 bits per heavy atom. The van der Waals surface area contributed by atoms with E-state index in [9.17, 15) is 9.59 Å². The van der Waals surface area contributed by atoms with E-state index in [4.69, 9.17) is 0 Å². The molecule has 1 amide bonds. The summed E-state index contributed by atoms with van der Waals surface area (Å²) in [6.45, 7) is 0. The van der Waals surface area contributed by atoms with E-state index < -0.39 is 0 Å². The molecule has 0 aliphatic carbocycles. The molecule has 0 saturated carbocycles. The topological polar surface area (TPSA) is 80.1 Å². The number of amides is 1. The van der Waals surface area contributed by atoms with Crippen LogP contribution in [0.4, 0.5) is 17.1 Å². The number of benzene rings is 2. The van der Waals surface area contributed by atoms with Gasteiger partial charge in [0, 0.05) is 18.5 Å². The number of nitrogens with zero attached hydrogens (tertiary/aromatic N) is 2. The summed E-state index contributed by atoms with van der Waals surface area (Å²) >= 11 is 0. The average molecular weight is 367 g/mol. The fourth-order valence-electron chi connectivity index (χ4n) is 2.46. The Morgan fingerprint density at radius 3 is 2.04 bits per heavy atom. The number of nitrogens with one attached hydrogen (secondary N) is 1. The van der Waals surface area contributed by atoms with E-state index in [0.29, 0.717) is 12.8 Å². The van der Waals surface area contributed by atoms with E-state index in [-0.39, 0.29) is 11.9 Å². The largest absolute Gasteiger partial charge is 0.469 e. The van der Waals surface area contributed by atoms with Crippen LogP contribution in [-0.2, 0) is 14.3 Å². The predicted octanol–water partition coefficient (Wildman–Crippen LogP) is 5.55. The van der Waals surface area contributed by atoms with E-state index in [1.807, 2.05) is 54.6 Å². The van der Waals surface area contributed by atoms with Gasteiger partial charge >= 0.3 is 5.97 Å². The molecule has 0 heterocycles. The lowest BCUT2D eigenvalue weighted by molar-refractivity contribution is -0.140. The van der Waals surface area contributed by atoms with Crippen LogP contribution in [0.15, 0.2) is 64.8 Å². The van der Waals surface area contributed by atoms with E-state index in [1.54, 1.807) is 0 Å². The summed E-state index contributed by atoms with van der Waals surface area (Å²) in [4.78, 5) is 23.0. The van der Waals surface area contributed by atoms with Gasteiger partial charge in [0.05, 0.1) is 18.5 Å². The highest BCUT2D eigenvalue weighted by Gasteiger charge is 2.03. The van der Waals surface area contributed by atoms with Crippen molar-refractivity contribution in [3.05, 3.63) is 54.6 Å². The van der Waals surface area contributed by atoms with Gasteiger partial charge in [-0.15, -0.1) is 0 Å². The lowest BCUT2D eigenvalue weighted by atomic mass is 10.1. The van der Waals surface area contributed by atoms with Crippen LogP contribution in [0.2, 0.25) is 0 Å². The SMILES string of the molecule is COC(=O)CCCCCCC(=O)Nc1ccc(N=Nc2ccccc2)cc1. The number of unbranched alkanes of at least 4 members (excludes halogenated alkanes) is 3. The van der Waals surface area contributed by atoms with Crippen molar-refractivity contribution in [1.29, 1.82) is 0 Å². The number of carbonyl (C=O) groups is 2. The number of hydrogen-bond acceptors (Lipinski definition) is 5. The zero-order valence-electron chi connectivity index (χ0n) is 15.6. The Morgan fingerprint density at radius 1 is 0.815 bits per heavy atom. The smallest absolute Gasteiger partial charge is 0.305 e. The number of esters is 1. The van der Waals surface area contributed by atoms with Crippen molar-refractivity contribution in [2.24, 2.45) is 10.2 Å². The molecule has 0 aliphatic heterocycles. The monoisotopic (exact) mass is 367 g/mol. The van der Waals surface area contributed by atoms with E-state index >= 15 is 0 Å². The molecular weight excluding hydrogens is 342 g/mol. The molecule has 0 aliphatic rings. The number of rotatable bonds is 10. The molecule has 0 saturated heterocycles. The highest BCUT2D eigenvalue weighted by molar-refractivity contribution is 5.90. The maximum Gasteiger partial charge on any atom is 0.305 e. The van der Waals surface area contributed by atoms with Crippen molar-refractivity contribution in [3.63, 3.8) is 0 Å². The summed E-state index contributed by atoms with van der Waals surface area (Å²) in [7, 11) is 1.39. The third-order valence-electron chi connectivity index (χ3n) is 3.95. The van der Waals surface area contributed by atoms with E-state index in [2.05, 4.69) is 20.3 Å². The second-order valence-corrected chi connectivity index (χ2v) is 6.12. The first-order valence-electron chi connectivity index (χ1n) is 9.11. The Kier molecular flexibility index (Phi) is 8.69. The average Bonchev–Trinajstić information content (AvgIpc) is 2.70. The molecule has 2 aromatic carbocycles. The second-order valence-electron chi connectivity index (χ2n) is 6.12. The van der Waals surface area contributed by atoms with Gasteiger partial charge in [0.1, 0.15) is 0 Å². The fourth-order valence-corrected chi connectivity index (χ4v) is 2.46. The Hall–Kier alpha value is -3.02. The number of methoxy groups -OCH3 is 1. The van der Waals surface area contributed by atoms with Gasteiger partial charge in [0.2, 0.25) is 5.91 Å². The minimum Gasteiger partial charge on any atom is -0.469 e. The zero-order valence-corrected chi connectivity index (χ0v) is 15.6. The molecule has 6 heteroatoms. The summed E-state index contributed by atoms with van der Waals surface area (Å²) in [5.74, 6) is -0.193. The van der Waals surface area contributed by atoms with E-state index in [0.717, 1.165) is 42.7 Å². The van der Waals surface area contributed by atoms with Gasteiger partial charge in [-0.25, -0.2) is 0 Å². The normalized spacial score (nSPS) is 10.7. The van der Waals surface area contributed by atoms with Crippen LogP contribution < -0.4 is 5.32 Å². The summed E-state index contributed by atoms with van der Waals surface area (Å²) in [6.07, 6.45) is 4.35. The number of hydrogen-bond donors (Lipinski definition) is 1. The standard InChI is InChI=1S/C21H25N3O3/c1-27-21(26)12-8-3-2-7-11-20(25)22-17-13-15-19(16-14-17)24-23-18-9-5-4-6-10-18/h4-6,9-10,13-16H,2-3,7-8,11-12H2,1H3,(H,22,25). The highest BCUT2D eigenvalue weighted by Crippen LogP contribution is 2.20. The van der Waals surface area contributed by atoms with Gasteiger partial charge < -0.3 is 10.1 Å². The molecule has 27 heavy (non-hydrogen) atoms. The van der Waals surface area contributed by atoms with Gasteiger partial charge in [-0.2, -0.15) is 10.2 Å². The summed E-state index contributed by atoms with van der Waals surface area (Å²) < 4.78 is 4.59. The van der Waals surface area contributed by atoms with Crippen molar-refractivity contribution in [2.45, 2.75) is 38.5 Å². The van der Waals surface area contributed by atoms with Crippen molar-refractivity contribution in [2.75, 3.05) is 12.4 Å². The van der Waals surface area contributed by atoms with Crippen molar-refractivity contribution in [1.82, 2.24) is 0 Å². The number of carbonyl (C=O) groups excluding carboxylic acids is 2.